The molecule has 1 aromatic heterocycles. The molecule has 5 nitrogen and oxygen atoms in total. The Morgan fingerprint density at radius 1 is 0.879 bits per heavy atom. The van der Waals surface area contributed by atoms with Crippen LogP contribution in [0.1, 0.15) is 17.2 Å². The largest absolute Gasteiger partial charge is 0.275 e. The van der Waals surface area contributed by atoms with Crippen molar-refractivity contribution in [1.29, 1.82) is 0 Å². The molecule has 0 unspecified atom stereocenters. The highest BCUT2D eigenvalue weighted by Crippen LogP contribution is 2.32. The minimum Gasteiger partial charge on any atom is -0.267 e. The molecule has 5 rings (SSSR count). The third kappa shape index (κ3) is 4.00. The van der Waals surface area contributed by atoms with Crippen LogP contribution in [0.4, 0.5) is 4.39 Å². The SMILES string of the molecule is CS(=O)(=O)c1ccc(-c2cnn(C3Cc4ccccc4C3)c(=O)c2-c2ccc(F)cc2)cc1. The fourth-order valence-corrected chi connectivity index (χ4v) is 5.06. The molecule has 0 spiro atoms. The third-order valence-corrected chi connectivity index (χ3v) is 7.23. The number of rotatable bonds is 4. The Bertz CT molecular complexity index is 1480. The lowest BCUT2D eigenvalue weighted by Crippen LogP contribution is -2.29. The second kappa shape index (κ2) is 8.08. The highest BCUT2D eigenvalue weighted by atomic mass is 32.2. The van der Waals surface area contributed by atoms with Gasteiger partial charge >= 0.3 is 0 Å². The second-order valence-electron chi connectivity index (χ2n) is 8.32. The van der Waals surface area contributed by atoms with Gasteiger partial charge < -0.3 is 0 Å². The molecule has 0 bridgehead atoms. The normalized spacial score (nSPS) is 13.8. The second-order valence-corrected chi connectivity index (χ2v) is 10.3. The third-order valence-electron chi connectivity index (χ3n) is 6.10. The Morgan fingerprint density at radius 2 is 1.45 bits per heavy atom. The van der Waals surface area contributed by atoms with Crippen molar-refractivity contribution in [3.63, 3.8) is 0 Å². The Hall–Kier alpha value is -3.58. The maximum atomic E-state index is 13.7. The van der Waals surface area contributed by atoms with Gasteiger partial charge in [-0.3, -0.25) is 4.79 Å². The molecule has 0 amide bonds. The van der Waals surface area contributed by atoms with E-state index >= 15 is 0 Å². The predicted octanol–water partition coefficient (Wildman–Crippen LogP) is 4.46. The van der Waals surface area contributed by atoms with Gasteiger partial charge in [-0.15, -0.1) is 0 Å². The van der Waals surface area contributed by atoms with E-state index in [4.69, 9.17) is 0 Å². The Morgan fingerprint density at radius 3 is 2.03 bits per heavy atom. The van der Waals surface area contributed by atoms with E-state index in [0.717, 1.165) is 6.26 Å². The van der Waals surface area contributed by atoms with Crippen LogP contribution in [0, 0.1) is 5.82 Å². The van der Waals surface area contributed by atoms with E-state index in [1.54, 1.807) is 30.5 Å². The zero-order valence-electron chi connectivity index (χ0n) is 17.9. The van der Waals surface area contributed by atoms with E-state index in [2.05, 4.69) is 17.2 Å². The lowest BCUT2D eigenvalue weighted by atomic mass is 9.97. The Kier molecular flexibility index (Phi) is 5.21. The van der Waals surface area contributed by atoms with Gasteiger partial charge in [0.2, 0.25) is 0 Å². The molecule has 0 aliphatic heterocycles. The van der Waals surface area contributed by atoms with Crippen molar-refractivity contribution in [3.8, 4) is 22.3 Å². The van der Waals surface area contributed by atoms with Crippen LogP contribution in [0.3, 0.4) is 0 Å². The van der Waals surface area contributed by atoms with Gasteiger partial charge in [-0.25, -0.2) is 17.5 Å². The van der Waals surface area contributed by atoms with E-state index in [1.165, 1.54) is 40.1 Å². The van der Waals surface area contributed by atoms with Gasteiger partial charge in [0.25, 0.3) is 5.56 Å². The van der Waals surface area contributed by atoms with Crippen LogP contribution in [-0.2, 0) is 22.7 Å². The average Bonchev–Trinajstić information content (AvgIpc) is 3.23. The summed E-state index contributed by atoms with van der Waals surface area (Å²) in [6.07, 6.45) is 4.22. The molecular formula is C26H21FN2O3S. The quantitative estimate of drug-likeness (QED) is 0.451. The van der Waals surface area contributed by atoms with E-state index in [-0.39, 0.29) is 16.5 Å². The van der Waals surface area contributed by atoms with Gasteiger partial charge in [-0.1, -0.05) is 48.5 Å². The van der Waals surface area contributed by atoms with E-state index < -0.39 is 15.7 Å². The lowest BCUT2D eigenvalue weighted by molar-refractivity contribution is 0.452. The molecule has 1 aliphatic rings. The predicted molar refractivity (Wildman–Crippen MR) is 125 cm³/mol. The Balaban J connectivity index is 1.65. The van der Waals surface area contributed by atoms with Crippen molar-refractivity contribution in [3.05, 3.63) is 106 Å². The van der Waals surface area contributed by atoms with Crippen LogP contribution < -0.4 is 5.56 Å². The van der Waals surface area contributed by atoms with Crippen molar-refractivity contribution in [2.75, 3.05) is 6.26 Å². The first-order chi connectivity index (χ1) is 15.8. The monoisotopic (exact) mass is 460 g/mol. The summed E-state index contributed by atoms with van der Waals surface area (Å²) in [5.41, 5.74) is 4.37. The van der Waals surface area contributed by atoms with E-state index in [9.17, 15) is 17.6 Å². The molecule has 33 heavy (non-hydrogen) atoms. The summed E-state index contributed by atoms with van der Waals surface area (Å²) in [4.78, 5) is 13.9. The summed E-state index contributed by atoms with van der Waals surface area (Å²) in [5.74, 6) is -0.390. The molecule has 7 heteroatoms. The summed E-state index contributed by atoms with van der Waals surface area (Å²) < 4.78 is 38.8. The standard InChI is InChI=1S/C26H21FN2O3S/c1-33(31,32)23-12-8-17(9-13-23)24-16-28-29(22-14-19-4-2-3-5-20(19)15-22)26(30)25(24)18-6-10-21(27)11-7-18/h2-13,16,22H,14-15H2,1H3. The molecule has 0 atom stereocenters. The maximum Gasteiger partial charge on any atom is 0.275 e. The first kappa shape index (κ1) is 21.3. The number of fused-ring (bicyclic) bond motifs is 1. The molecule has 4 aromatic rings. The van der Waals surface area contributed by atoms with Gasteiger partial charge in [0, 0.05) is 11.8 Å². The molecule has 3 aromatic carbocycles. The maximum absolute atomic E-state index is 13.7. The summed E-state index contributed by atoms with van der Waals surface area (Å²) in [6.45, 7) is 0. The average molecular weight is 461 g/mol. The minimum absolute atomic E-state index is 0.101. The van der Waals surface area contributed by atoms with E-state index in [0.29, 0.717) is 35.1 Å². The van der Waals surface area contributed by atoms with Crippen molar-refractivity contribution >= 4 is 9.84 Å². The van der Waals surface area contributed by atoms with Crippen molar-refractivity contribution < 1.29 is 12.8 Å². The number of hydrogen-bond acceptors (Lipinski definition) is 4. The van der Waals surface area contributed by atoms with Crippen molar-refractivity contribution in [2.24, 2.45) is 0 Å². The van der Waals surface area contributed by atoms with Crippen molar-refractivity contribution in [1.82, 2.24) is 9.78 Å². The smallest absolute Gasteiger partial charge is 0.267 e. The molecule has 0 saturated carbocycles. The highest BCUT2D eigenvalue weighted by Gasteiger charge is 2.26. The molecule has 0 saturated heterocycles. The zero-order chi connectivity index (χ0) is 23.2. The number of nitrogens with zero attached hydrogens (tertiary/aromatic N) is 2. The molecule has 1 heterocycles. The van der Waals surface area contributed by atoms with Gasteiger partial charge in [-0.05, 0) is 59.4 Å². The first-order valence-corrected chi connectivity index (χ1v) is 12.5. The first-order valence-electron chi connectivity index (χ1n) is 10.6. The number of hydrogen-bond donors (Lipinski definition) is 0. The summed E-state index contributed by atoms with van der Waals surface area (Å²) in [6, 6.07) is 20.2. The van der Waals surface area contributed by atoms with Crippen LogP contribution in [0.5, 0.6) is 0 Å². The van der Waals surface area contributed by atoms with Gasteiger partial charge in [0.05, 0.1) is 22.7 Å². The number of aromatic nitrogens is 2. The molecule has 0 N–H and O–H groups in total. The van der Waals surface area contributed by atoms with E-state index in [1.807, 2.05) is 12.1 Å². The minimum atomic E-state index is -3.34. The number of sulfone groups is 1. The molecule has 1 aliphatic carbocycles. The van der Waals surface area contributed by atoms with Crippen LogP contribution in [0.2, 0.25) is 0 Å². The molecule has 0 fully saturated rings. The Labute approximate surface area is 191 Å². The van der Waals surface area contributed by atoms with Gasteiger partial charge in [0.1, 0.15) is 5.82 Å². The summed E-state index contributed by atoms with van der Waals surface area (Å²) in [5, 5.41) is 4.51. The van der Waals surface area contributed by atoms with Crippen LogP contribution >= 0.6 is 0 Å². The highest BCUT2D eigenvalue weighted by molar-refractivity contribution is 7.90. The van der Waals surface area contributed by atoms with Crippen LogP contribution in [-0.4, -0.2) is 24.5 Å². The topological polar surface area (TPSA) is 69.0 Å². The number of halogens is 1. The molecule has 0 radical (unpaired) electrons. The van der Waals surface area contributed by atoms with Crippen molar-refractivity contribution in [2.45, 2.75) is 23.8 Å². The van der Waals surface area contributed by atoms with Gasteiger partial charge in [0.15, 0.2) is 9.84 Å². The summed E-state index contributed by atoms with van der Waals surface area (Å²) in [7, 11) is -3.34. The summed E-state index contributed by atoms with van der Waals surface area (Å²) >= 11 is 0. The van der Waals surface area contributed by atoms with Gasteiger partial charge in [-0.2, -0.15) is 5.10 Å². The lowest BCUT2D eigenvalue weighted by Gasteiger charge is -2.17. The zero-order valence-corrected chi connectivity index (χ0v) is 18.7. The fraction of sp³-hybridized carbons (Fsp3) is 0.154. The number of benzene rings is 3. The van der Waals surface area contributed by atoms with Crippen LogP contribution in [0.15, 0.2) is 88.7 Å². The van der Waals surface area contributed by atoms with Crippen LogP contribution in [0.25, 0.3) is 22.3 Å². The molecular weight excluding hydrogens is 439 g/mol. The molecule has 166 valence electrons. The fourth-order valence-electron chi connectivity index (χ4n) is 4.43.